The molecule has 0 unspecified atom stereocenters. The molecule has 1 aliphatic heterocycles. The van der Waals surface area contributed by atoms with Crippen LogP contribution in [0.4, 0.5) is 0 Å². The van der Waals surface area contributed by atoms with E-state index in [0.29, 0.717) is 0 Å². The van der Waals surface area contributed by atoms with Crippen LogP contribution in [0.2, 0.25) is 0 Å². The fourth-order valence-electron chi connectivity index (χ4n) is 2.11. The van der Waals surface area contributed by atoms with Gasteiger partial charge in [-0.2, -0.15) is 0 Å². The van der Waals surface area contributed by atoms with E-state index in [0.717, 1.165) is 25.0 Å². The summed E-state index contributed by atoms with van der Waals surface area (Å²) < 4.78 is 5.44. The SMILES string of the molecule is C1C[C@@H]2COC[C@H](C1)C2. The first kappa shape index (κ1) is 5.72. The Morgan fingerprint density at radius 2 is 1.67 bits per heavy atom. The third-order valence-electron chi connectivity index (χ3n) is 2.60. The van der Waals surface area contributed by atoms with Gasteiger partial charge in [0.25, 0.3) is 0 Å². The molecule has 2 fully saturated rings. The highest BCUT2D eigenvalue weighted by Gasteiger charge is 2.25. The standard InChI is InChI=1S/C8H14O/c1-2-7-4-8(3-1)6-9-5-7/h7-8H,1-6H2/t7-,8+. The molecule has 1 heteroatoms. The van der Waals surface area contributed by atoms with Crippen LogP contribution in [0.15, 0.2) is 0 Å². The Bertz CT molecular complexity index is 80.7. The van der Waals surface area contributed by atoms with Gasteiger partial charge in [0.1, 0.15) is 0 Å². The molecule has 1 nitrogen and oxygen atoms in total. The van der Waals surface area contributed by atoms with Gasteiger partial charge in [0, 0.05) is 13.2 Å². The molecule has 1 aliphatic carbocycles. The quantitative estimate of drug-likeness (QED) is 0.481. The maximum absolute atomic E-state index is 5.44. The molecule has 2 aliphatic rings. The second kappa shape index (κ2) is 2.30. The summed E-state index contributed by atoms with van der Waals surface area (Å²) in [6.07, 6.45) is 5.77. The maximum Gasteiger partial charge on any atom is 0.0494 e. The van der Waals surface area contributed by atoms with E-state index in [-0.39, 0.29) is 0 Å². The van der Waals surface area contributed by atoms with E-state index >= 15 is 0 Å². The fraction of sp³-hybridized carbons (Fsp3) is 1.00. The summed E-state index contributed by atoms with van der Waals surface area (Å²) in [5.74, 6) is 1.86. The van der Waals surface area contributed by atoms with Crippen LogP contribution in [0.3, 0.4) is 0 Å². The molecule has 0 aromatic carbocycles. The van der Waals surface area contributed by atoms with E-state index in [9.17, 15) is 0 Å². The molecule has 2 atom stereocenters. The minimum atomic E-state index is 0.928. The van der Waals surface area contributed by atoms with Gasteiger partial charge in [-0.1, -0.05) is 6.42 Å². The summed E-state index contributed by atoms with van der Waals surface area (Å²) in [6.45, 7) is 2.10. The van der Waals surface area contributed by atoms with Crippen LogP contribution in [-0.4, -0.2) is 13.2 Å². The second-order valence-electron chi connectivity index (χ2n) is 3.44. The predicted octanol–water partition coefficient (Wildman–Crippen LogP) is 1.82. The van der Waals surface area contributed by atoms with Crippen molar-refractivity contribution in [2.45, 2.75) is 25.7 Å². The van der Waals surface area contributed by atoms with Crippen LogP contribution in [0.1, 0.15) is 25.7 Å². The molecule has 0 aromatic rings. The molecule has 2 bridgehead atoms. The number of fused-ring (bicyclic) bond motifs is 2. The zero-order valence-corrected chi connectivity index (χ0v) is 5.81. The van der Waals surface area contributed by atoms with Gasteiger partial charge in [-0.05, 0) is 31.1 Å². The van der Waals surface area contributed by atoms with Gasteiger partial charge in [-0.25, -0.2) is 0 Å². The predicted molar refractivity (Wildman–Crippen MR) is 36.3 cm³/mol. The van der Waals surface area contributed by atoms with Gasteiger partial charge >= 0.3 is 0 Å². The summed E-state index contributed by atoms with van der Waals surface area (Å²) in [5.41, 5.74) is 0. The van der Waals surface area contributed by atoms with Crippen LogP contribution < -0.4 is 0 Å². The third-order valence-corrected chi connectivity index (χ3v) is 2.60. The van der Waals surface area contributed by atoms with Crippen molar-refractivity contribution in [1.82, 2.24) is 0 Å². The van der Waals surface area contributed by atoms with Gasteiger partial charge < -0.3 is 4.74 Å². The van der Waals surface area contributed by atoms with Crippen LogP contribution in [0, 0.1) is 11.8 Å². The highest BCUT2D eigenvalue weighted by Crippen LogP contribution is 2.32. The third kappa shape index (κ3) is 1.11. The Hall–Kier alpha value is -0.0400. The molecule has 2 rings (SSSR count). The van der Waals surface area contributed by atoms with Crippen LogP contribution in [0.5, 0.6) is 0 Å². The molecule has 9 heavy (non-hydrogen) atoms. The van der Waals surface area contributed by atoms with Crippen molar-refractivity contribution >= 4 is 0 Å². The van der Waals surface area contributed by atoms with Crippen molar-refractivity contribution < 1.29 is 4.74 Å². The summed E-state index contributed by atoms with van der Waals surface area (Å²) in [4.78, 5) is 0. The van der Waals surface area contributed by atoms with E-state index in [2.05, 4.69) is 0 Å². The molecule has 0 aromatic heterocycles. The zero-order chi connectivity index (χ0) is 6.10. The van der Waals surface area contributed by atoms with Crippen molar-refractivity contribution in [2.24, 2.45) is 11.8 Å². The lowest BCUT2D eigenvalue weighted by molar-refractivity contribution is -0.00962. The van der Waals surface area contributed by atoms with Crippen molar-refractivity contribution in [3.05, 3.63) is 0 Å². The molecular formula is C8H14O. The zero-order valence-electron chi connectivity index (χ0n) is 5.81. The largest absolute Gasteiger partial charge is 0.381 e. The van der Waals surface area contributed by atoms with Crippen molar-refractivity contribution in [3.8, 4) is 0 Å². The second-order valence-corrected chi connectivity index (χ2v) is 3.44. The monoisotopic (exact) mass is 126 g/mol. The van der Waals surface area contributed by atoms with Crippen LogP contribution >= 0.6 is 0 Å². The summed E-state index contributed by atoms with van der Waals surface area (Å²) in [5, 5.41) is 0. The van der Waals surface area contributed by atoms with Crippen molar-refractivity contribution in [2.75, 3.05) is 13.2 Å². The van der Waals surface area contributed by atoms with Crippen molar-refractivity contribution in [1.29, 1.82) is 0 Å². The van der Waals surface area contributed by atoms with E-state index in [4.69, 9.17) is 4.74 Å². The highest BCUT2D eigenvalue weighted by atomic mass is 16.5. The van der Waals surface area contributed by atoms with E-state index < -0.39 is 0 Å². The number of rotatable bonds is 0. The molecule has 0 N–H and O–H groups in total. The van der Waals surface area contributed by atoms with Gasteiger partial charge in [0.2, 0.25) is 0 Å². The molecular weight excluding hydrogens is 112 g/mol. The van der Waals surface area contributed by atoms with Crippen LogP contribution in [-0.2, 0) is 4.74 Å². The van der Waals surface area contributed by atoms with E-state index in [1.165, 1.54) is 25.7 Å². The lowest BCUT2D eigenvalue weighted by Crippen LogP contribution is -2.29. The average molecular weight is 126 g/mol. The lowest BCUT2D eigenvalue weighted by Gasteiger charge is -2.33. The summed E-state index contributed by atoms with van der Waals surface area (Å²) in [6, 6.07) is 0. The Morgan fingerprint density at radius 1 is 1.00 bits per heavy atom. The van der Waals surface area contributed by atoms with Gasteiger partial charge in [-0.15, -0.1) is 0 Å². The van der Waals surface area contributed by atoms with Gasteiger partial charge in [-0.3, -0.25) is 0 Å². The maximum atomic E-state index is 5.44. The Balaban J connectivity index is 1.96. The lowest BCUT2D eigenvalue weighted by atomic mass is 9.81. The van der Waals surface area contributed by atoms with Gasteiger partial charge in [0.15, 0.2) is 0 Å². The topological polar surface area (TPSA) is 9.23 Å². The smallest absolute Gasteiger partial charge is 0.0494 e. The molecule has 52 valence electrons. The summed E-state index contributed by atoms with van der Waals surface area (Å²) >= 11 is 0. The number of hydrogen-bond acceptors (Lipinski definition) is 1. The first-order valence-corrected chi connectivity index (χ1v) is 4.03. The molecule has 0 spiro atoms. The fourth-order valence-corrected chi connectivity index (χ4v) is 2.11. The normalized spacial score (nSPS) is 42.7. The van der Waals surface area contributed by atoms with Gasteiger partial charge in [0.05, 0.1) is 0 Å². The Labute approximate surface area is 56.4 Å². The molecule has 1 saturated heterocycles. The van der Waals surface area contributed by atoms with E-state index in [1.807, 2.05) is 0 Å². The van der Waals surface area contributed by atoms with E-state index in [1.54, 1.807) is 0 Å². The Morgan fingerprint density at radius 3 is 2.22 bits per heavy atom. The first-order valence-electron chi connectivity index (χ1n) is 4.03. The molecule has 0 amide bonds. The van der Waals surface area contributed by atoms with Crippen molar-refractivity contribution in [3.63, 3.8) is 0 Å². The minimum Gasteiger partial charge on any atom is -0.381 e. The highest BCUT2D eigenvalue weighted by molar-refractivity contribution is 4.75. The molecule has 1 heterocycles. The molecule has 0 radical (unpaired) electrons. The summed E-state index contributed by atoms with van der Waals surface area (Å²) in [7, 11) is 0. The van der Waals surface area contributed by atoms with Crippen LogP contribution in [0.25, 0.3) is 0 Å². The number of ether oxygens (including phenoxy) is 1. The average Bonchev–Trinajstić information content (AvgIpc) is 1.88. The first-order chi connectivity index (χ1) is 4.45. The number of hydrogen-bond donors (Lipinski definition) is 0. The minimum absolute atomic E-state index is 0.928. The Kier molecular flexibility index (Phi) is 1.46. The molecule has 1 saturated carbocycles.